The van der Waals surface area contributed by atoms with Gasteiger partial charge in [-0.3, -0.25) is 13.9 Å². The van der Waals surface area contributed by atoms with Crippen LogP contribution >= 0.6 is 11.3 Å². The highest BCUT2D eigenvalue weighted by Crippen LogP contribution is 2.28. The zero-order valence-electron chi connectivity index (χ0n) is 12.9. The highest BCUT2D eigenvalue weighted by molar-refractivity contribution is 7.10. The molecule has 2 aromatic rings. The Kier molecular flexibility index (Phi) is 4.07. The summed E-state index contributed by atoms with van der Waals surface area (Å²) < 4.78 is 8.10. The van der Waals surface area contributed by atoms with Gasteiger partial charge < -0.3 is 9.64 Å². The van der Waals surface area contributed by atoms with Crippen molar-refractivity contribution >= 4 is 17.2 Å². The van der Waals surface area contributed by atoms with Gasteiger partial charge in [-0.05, 0) is 11.4 Å². The molecule has 23 heavy (non-hydrogen) atoms. The van der Waals surface area contributed by atoms with Crippen molar-refractivity contribution in [1.29, 1.82) is 5.26 Å². The van der Waals surface area contributed by atoms with Crippen molar-refractivity contribution in [3.8, 4) is 6.07 Å². The van der Waals surface area contributed by atoms with Gasteiger partial charge in [0.1, 0.15) is 18.0 Å². The predicted molar refractivity (Wildman–Crippen MR) is 86.9 cm³/mol. The van der Waals surface area contributed by atoms with E-state index in [4.69, 9.17) is 4.74 Å². The first-order chi connectivity index (χ1) is 11.0. The van der Waals surface area contributed by atoms with Gasteiger partial charge in [0.2, 0.25) is 0 Å². The van der Waals surface area contributed by atoms with E-state index in [1.165, 1.54) is 11.6 Å². The van der Waals surface area contributed by atoms with Gasteiger partial charge in [-0.15, -0.1) is 11.3 Å². The summed E-state index contributed by atoms with van der Waals surface area (Å²) in [7, 11) is 2.95. The molecule has 0 radical (unpaired) electrons. The Balaban J connectivity index is 2.07. The molecule has 8 heteroatoms. The van der Waals surface area contributed by atoms with E-state index in [-0.39, 0.29) is 11.7 Å². The van der Waals surface area contributed by atoms with Crippen molar-refractivity contribution in [2.75, 3.05) is 24.6 Å². The van der Waals surface area contributed by atoms with Crippen molar-refractivity contribution in [1.82, 2.24) is 9.13 Å². The third kappa shape index (κ3) is 2.58. The number of hydrogen-bond acceptors (Lipinski definition) is 6. The normalized spacial score (nSPS) is 18.0. The monoisotopic (exact) mass is 332 g/mol. The first kappa shape index (κ1) is 15.5. The maximum atomic E-state index is 12.2. The second kappa shape index (κ2) is 6.02. The number of nitriles is 1. The van der Waals surface area contributed by atoms with Crippen molar-refractivity contribution in [3.05, 3.63) is 48.8 Å². The SMILES string of the molecule is Cn1c(N2CCOC(c3cccs3)C2)c(C#N)c(=O)n(C)c1=O. The maximum absolute atomic E-state index is 12.2. The summed E-state index contributed by atoms with van der Waals surface area (Å²) in [4.78, 5) is 27.4. The van der Waals surface area contributed by atoms with Crippen LogP contribution in [-0.2, 0) is 18.8 Å². The minimum atomic E-state index is -0.565. The molecule has 1 fully saturated rings. The first-order valence-corrected chi connectivity index (χ1v) is 8.02. The van der Waals surface area contributed by atoms with Crippen molar-refractivity contribution in [2.45, 2.75) is 6.10 Å². The minimum Gasteiger partial charge on any atom is -0.369 e. The molecule has 1 saturated heterocycles. The van der Waals surface area contributed by atoms with Gasteiger partial charge in [0.15, 0.2) is 5.56 Å². The summed E-state index contributed by atoms with van der Waals surface area (Å²) in [5.74, 6) is 0.366. The number of ether oxygens (including phenoxy) is 1. The van der Waals surface area contributed by atoms with Crippen molar-refractivity contribution < 1.29 is 4.74 Å². The summed E-state index contributed by atoms with van der Waals surface area (Å²) >= 11 is 1.60. The molecule has 0 aromatic carbocycles. The number of aromatic nitrogens is 2. The number of anilines is 1. The number of hydrogen-bond donors (Lipinski definition) is 0. The van der Waals surface area contributed by atoms with Crippen LogP contribution in [0.2, 0.25) is 0 Å². The molecule has 0 saturated carbocycles. The quantitative estimate of drug-likeness (QED) is 0.804. The molecule has 0 amide bonds. The fourth-order valence-electron chi connectivity index (χ4n) is 2.79. The number of morpholine rings is 1. The van der Waals surface area contributed by atoms with Gasteiger partial charge in [0.25, 0.3) is 5.56 Å². The van der Waals surface area contributed by atoms with Gasteiger partial charge in [-0.1, -0.05) is 6.07 Å². The largest absolute Gasteiger partial charge is 0.369 e. The van der Waals surface area contributed by atoms with E-state index >= 15 is 0 Å². The van der Waals surface area contributed by atoms with Gasteiger partial charge in [-0.2, -0.15) is 5.26 Å². The summed E-state index contributed by atoms with van der Waals surface area (Å²) in [5, 5.41) is 11.4. The highest BCUT2D eigenvalue weighted by atomic mass is 32.1. The third-order valence-corrected chi connectivity index (χ3v) is 4.94. The van der Waals surface area contributed by atoms with Crippen LogP contribution in [0.25, 0.3) is 0 Å². The molecule has 120 valence electrons. The van der Waals surface area contributed by atoms with Crippen LogP contribution in [0.1, 0.15) is 16.5 Å². The van der Waals surface area contributed by atoms with Gasteiger partial charge in [0, 0.05) is 25.5 Å². The zero-order chi connectivity index (χ0) is 16.6. The lowest BCUT2D eigenvalue weighted by Gasteiger charge is -2.35. The van der Waals surface area contributed by atoms with E-state index < -0.39 is 11.2 Å². The van der Waals surface area contributed by atoms with E-state index in [0.717, 1.165) is 9.44 Å². The topological polar surface area (TPSA) is 80.3 Å². The lowest BCUT2D eigenvalue weighted by atomic mass is 10.2. The lowest BCUT2D eigenvalue weighted by molar-refractivity contribution is 0.0415. The molecule has 0 bridgehead atoms. The van der Waals surface area contributed by atoms with Crippen LogP contribution in [-0.4, -0.2) is 28.8 Å². The average molecular weight is 332 g/mol. The van der Waals surface area contributed by atoms with Crippen molar-refractivity contribution in [3.63, 3.8) is 0 Å². The van der Waals surface area contributed by atoms with E-state index in [0.29, 0.717) is 25.5 Å². The molecular weight excluding hydrogens is 316 g/mol. The molecule has 1 aliphatic rings. The maximum Gasteiger partial charge on any atom is 0.332 e. The molecule has 0 spiro atoms. The van der Waals surface area contributed by atoms with Crippen LogP contribution in [0, 0.1) is 11.3 Å². The number of rotatable bonds is 2. The summed E-state index contributed by atoms with van der Waals surface area (Å²) in [6, 6.07) is 5.90. The van der Waals surface area contributed by atoms with Crippen molar-refractivity contribution in [2.24, 2.45) is 14.1 Å². The third-order valence-electron chi connectivity index (χ3n) is 3.97. The second-order valence-electron chi connectivity index (χ2n) is 5.34. The summed E-state index contributed by atoms with van der Waals surface area (Å²) in [6.07, 6.45) is -0.130. The standard InChI is InChI=1S/C15H16N4O3S/c1-17-13(10(8-16)14(20)18(2)15(17)21)19-5-6-22-11(9-19)12-4-3-7-23-12/h3-4,7,11H,5-6,9H2,1-2H3. The molecule has 0 aliphatic carbocycles. The Labute approximate surface area is 136 Å². The van der Waals surface area contributed by atoms with Crippen LogP contribution in [0.3, 0.4) is 0 Å². The Morgan fingerprint density at radius 2 is 2.13 bits per heavy atom. The molecule has 1 unspecified atom stereocenters. The molecule has 0 N–H and O–H groups in total. The fourth-order valence-corrected chi connectivity index (χ4v) is 3.56. The van der Waals surface area contributed by atoms with Crippen LogP contribution in [0.15, 0.2) is 27.1 Å². The summed E-state index contributed by atoms with van der Waals surface area (Å²) in [5.41, 5.74) is -1.02. The highest BCUT2D eigenvalue weighted by Gasteiger charge is 2.28. The Morgan fingerprint density at radius 1 is 1.35 bits per heavy atom. The first-order valence-electron chi connectivity index (χ1n) is 7.14. The Morgan fingerprint density at radius 3 is 2.78 bits per heavy atom. The number of nitrogens with zero attached hydrogens (tertiary/aromatic N) is 4. The Hall–Kier alpha value is -2.37. The zero-order valence-corrected chi connectivity index (χ0v) is 13.7. The van der Waals surface area contributed by atoms with Gasteiger partial charge >= 0.3 is 5.69 Å². The second-order valence-corrected chi connectivity index (χ2v) is 6.32. The van der Waals surface area contributed by atoms with E-state index in [2.05, 4.69) is 0 Å². The molecule has 1 atom stereocenters. The lowest BCUT2D eigenvalue weighted by Crippen LogP contribution is -2.46. The average Bonchev–Trinajstić information content (AvgIpc) is 3.10. The number of thiophene rings is 1. The molecule has 2 aromatic heterocycles. The van der Waals surface area contributed by atoms with E-state index in [1.807, 2.05) is 28.5 Å². The molecule has 3 heterocycles. The Bertz CT molecular complexity index is 876. The minimum absolute atomic E-state index is 0.0126. The van der Waals surface area contributed by atoms with E-state index in [1.54, 1.807) is 18.4 Å². The molecule has 3 rings (SSSR count). The summed E-state index contributed by atoms with van der Waals surface area (Å²) in [6.45, 7) is 1.49. The van der Waals surface area contributed by atoms with Crippen LogP contribution in [0.5, 0.6) is 0 Å². The molecule has 1 aliphatic heterocycles. The smallest absolute Gasteiger partial charge is 0.332 e. The van der Waals surface area contributed by atoms with Crippen LogP contribution < -0.4 is 16.1 Å². The predicted octanol–water partition coefficient (Wildman–Crippen LogP) is 0.595. The van der Waals surface area contributed by atoms with Gasteiger partial charge in [-0.25, -0.2) is 4.79 Å². The van der Waals surface area contributed by atoms with Crippen LogP contribution in [0.4, 0.5) is 5.82 Å². The molecular formula is C15H16N4O3S. The molecule has 7 nitrogen and oxygen atoms in total. The fraction of sp³-hybridized carbons (Fsp3) is 0.400. The van der Waals surface area contributed by atoms with E-state index in [9.17, 15) is 14.9 Å². The van der Waals surface area contributed by atoms with Gasteiger partial charge in [0.05, 0.1) is 13.2 Å².